The van der Waals surface area contributed by atoms with Crippen LogP contribution in [-0.2, 0) is 12.6 Å². The van der Waals surface area contributed by atoms with Gasteiger partial charge in [-0.25, -0.2) is 9.97 Å². The smallest absolute Gasteiger partial charge is 0.383 e. The highest BCUT2D eigenvalue weighted by molar-refractivity contribution is 5.61. The molecule has 1 atom stereocenters. The second-order valence-electron chi connectivity index (χ2n) is 7.14. The van der Waals surface area contributed by atoms with Gasteiger partial charge in [0, 0.05) is 18.2 Å². The second kappa shape index (κ2) is 7.65. The number of nitrogens with zero attached hydrogens (tertiary/aromatic N) is 2. The van der Waals surface area contributed by atoms with Gasteiger partial charge >= 0.3 is 6.18 Å². The Morgan fingerprint density at radius 1 is 1.19 bits per heavy atom. The molecular formula is C18H24F3N5. The van der Waals surface area contributed by atoms with Crippen molar-refractivity contribution in [3.63, 3.8) is 0 Å². The Bertz CT molecular complexity index is 731. The Morgan fingerprint density at radius 2 is 1.96 bits per heavy atom. The van der Waals surface area contributed by atoms with Gasteiger partial charge in [-0.15, -0.1) is 0 Å². The van der Waals surface area contributed by atoms with Crippen LogP contribution in [0.5, 0.6) is 0 Å². The zero-order valence-electron chi connectivity index (χ0n) is 14.7. The number of aromatic amines is 1. The molecule has 1 aliphatic carbocycles. The van der Waals surface area contributed by atoms with E-state index in [1.807, 2.05) is 0 Å². The maximum absolute atomic E-state index is 12.8. The van der Waals surface area contributed by atoms with Gasteiger partial charge in [-0.1, -0.05) is 6.92 Å². The molecule has 2 aromatic rings. The third-order valence-electron chi connectivity index (χ3n) is 4.65. The first-order valence-corrected chi connectivity index (χ1v) is 8.90. The summed E-state index contributed by atoms with van der Waals surface area (Å²) >= 11 is 0. The van der Waals surface area contributed by atoms with Crippen LogP contribution in [0.15, 0.2) is 18.5 Å². The number of H-pyrrole nitrogens is 1. The molecule has 8 heteroatoms. The molecule has 5 nitrogen and oxygen atoms in total. The van der Waals surface area contributed by atoms with Crippen molar-refractivity contribution in [3.8, 4) is 11.3 Å². The van der Waals surface area contributed by atoms with Crippen LogP contribution in [0.3, 0.4) is 0 Å². The van der Waals surface area contributed by atoms with Gasteiger partial charge in [0.05, 0.1) is 17.5 Å². The minimum atomic E-state index is -4.51. The van der Waals surface area contributed by atoms with E-state index in [9.17, 15) is 13.2 Å². The summed E-state index contributed by atoms with van der Waals surface area (Å²) in [4.78, 5) is 10.8. The minimum absolute atomic E-state index is 0.334. The lowest BCUT2D eigenvalue weighted by atomic mass is 10.1. The fraction of sp³-hybridized carbons (Fsp3) is 0.556. The normalized spacial score (nSPS) is 19.9. The predicted molar refractivity (Wildman–Crippen MR) is 94.3 cm³/mol. The van der Waals surface area contributed by atoms with E-state index in [-0.39, 0.29) is 0 Å². The summed E-state index contributed by atoms with van der Waals surface area (Å²) in [5.41, 5.74) is 5.21. The Kier molecular flexibility index (Phi) is 5.50. The first-order valence-electron chi connectivity index (χ1n) is 8.90. The molecule has 2 fully saturated rings. The van der Waals surface area contributed by atoms with Crippen LogP contribution >= 0.6 is 0 Å². The van der Waals surface area contributed by atoms with Gasteiger partial charge in [-0.05, 0) is 50.3 Å². The van der Waals surface area contributed by atoms with E-state index < -0.39 is 17.6 Å². The average molecular weight is 367 g/mol. The van der Waals surface area contributed by atoms with E-state index in [0.717, 1.165) is 24.2 Å². The lowest BCUT2D eigenvalue weighted by molar-refractivity contribution is -0.137. The van der Waals surface area contributed by atoms with E-state index in [0.29, 0.717) is 17.2 Å². The molecule has 4 rings (SSSR count). The monoisotopic (exact) mass is 367 g/mol. The molecule has 142 valence electrons. The lowest BCUT2D eigenvalue weighted by Crippen LogP contribution is -2.10. The number of halogens is 3. The first kappa shape index (κ1) is 18.7. The number of imidazole rings is 1. The molecule has 4 N–H and O–H groups in total. The quantitative estimate of drug-likeness (QED) is 0.774. The number of hydrogen-bond donors (Lipinski definition) is 3. The second-order valence-corrected chi connectivity index (χ2v) is 7.14. The van der Waals surface area contributed by atoms with Crippen LogP contribution in [0.25, 0.3) is 11.3 Å². The molecule has 1 unspecified atom stereocenters. The molecule has 1 saturated heterocycles. The zero-order chi connectivity index (χ0) is 18.7. The number of pyridine rings is 1. The number of nitrogen functional groups attached to an aromatic ring is 1. The Hall–Kier alpha value is -2.09. The highest BCUT2D eigenvalue weighted by atomic mass is 19.4. The van der Waals surface area contributed by atoms with Crippen molar-refractivity contribution in [2.75, 3.05) is 18.8 Å². The van der Waals surface area contributed by atoms with E-state index in [2.05, 4.69) is 27.2 Å². The predicted octanol–water partition coefficient (Wildman–Crippen LogP) is 3.64. The Morgan fingerprint density at radius 3 is 2.50 bits per heavy atom. The Labute approximate surface area is 150 Å². The molecule has 0 aromatic carbocycles. The maximum atomic E-state index is 12.8. The molecular weight excluding hydrogens is 343 g/mol. The molecule has 0 bridgehead atoms. The largest absolute Gasteiger partial charge is 0.419 e. The number of rotatable bonds is 3. The summed E-state index contributed by atoms with van der Waals surface area (Å²) in [6.45, 7) is 4.75. The fourth-order valence-corrected chi connectivity index (χ4v) is 2.86. The van der Waals surface area contributed by atoms with Crippen LogP contribution in [-0.4, -0.2) is 28.0 Å². The Balaban J connectivity index is 0.000000278. The summed E-state index contributed by atoms with van der Waals surface area (Å²) in [6, 6.07) is 0.997. The molecule has 3 heterocycles. The van der Waals surface area contributed by atoms with Gasteiger partial charge in [-0.2, -0.15) is 13.2 Å². The van der Waals surface area contributed by atoms with Gasteiger partial charge in [0.1, 0.15) is 11.6 Å². The van der Waals surface area contributed by atoms with Gasteiger partial charge in [0.2, 0.25) is 0 Å². The van der Waals surface area contributed by atoms with Crippen molar-refractivity contribution in [1.29, 1.82) is 0 Å². The van der Waals surface area contributed by atoms with Crippen molar-refractivity contribution in [3.05, 3.63) is 29.8 Å². The van der Waals surface area contributed by atoms with Crippen LogP contribution in [0.2, 0.25) is 0 Å². The number of nitrogens with one attached hydrogen (secondary N) is 2. The van der Waals surface area contributed by atoms with Gasteiger partial charge in [0.15, 0.2) is 0 Å². The SMILES string of the molecule is CC1CCNC1.Nc1ncc(-c2cnc(CC3CC3)[nH]2)cc1C(F)(F)F. The van der Waals surface area contributed by atoms with Crippen molar-refractivity contribution < 1.29 is 13.2 Å². The number of alkyl halides is 3. The van der Waals surface area contributed by atoms with Crippen molar-refractivity contribution in [2.45, 2.75) is 38.8 Å². The van der Waals surface area contributed by atoms with Gasteiger partial charge < -0.3 is 16.0 Å². The fourth-order valence-electron chi connectivity index (χ4n) is 2.86. The topological polar surface area (TPSA) is 79.6 Å². The van der Waals surface area contributed by atoms with E-state index >= 15 is 0 Å². The third kappa shape index (κ3) is 4.97. The summed E-state index contributed by atoms with van der Waals surface area (Å²) in [7, 11) is 0. The molecule has 1 aliphatic heterocycles. The minimum Gasteiger partial charge on any atom is -0.383 e. The molecule has 2 aromatic heterocycles. The van der Waals surface area contributed by atoms with Crippen LogP contribution in [0.1, 0.15) is 37.6 Å². The number of aromatic nitrogens is 3. The third-order valence-corrected chi connectivity index (χ3v) is 4.65. The highest BCUT2D eigenvalue weighted by Crippen LogP contribution is 2.35. The summed E-state index contributed by atoms with van der Waals surface area (Å²) in [6.07, 6.45) is 2.94. The number of hydrogen-bond acceptors (Lipinski definition) is 4. The zero-order valence-corrected chi connectivity index (χ0v) is 14.7. The van der Waals surface area contributed by atoms with Crippen molar-refractivity contribution >= 4 is 5.82 Å². The maximum Gasteiger partial charge on any atom is 0.419 e. The number of nitrogens with two attached hydrogens (primary N) is 1. The van der Waals surface area contributed by atoms with E-state index in [1.165, 1.54) is 44.7 Å². The average Bonchev–Trinajstić information content (AvgIpc) is 3.04. The molecule has 2 aliphatic rings. The van der Waals surface area contributed by atoms with E-state index in [4.69, 9.17) is 5.73 Å². The number of anilines is 1. The van der Waals surface area contributed by atoms with Gasteiger partial charge in [0.25, 0.3) is 0 Å². The lowest BCUT2D eigenvalue weighted by Gasteiger charge is -2.10. The summed E-state index contributed by atoms with van der Waals surface area (Å²) in [5, 5.41) is 3.27. The van der Waals surface area contributed by atoms with Crippen LogP contribution in [0, 0.1) is 11.8 Å². The molecule has 1 saturated carbocycles. The standard InChI is InChI=1S/C13H13F3N4.C5H11N/c14-13(15,16)9-4-8(5-19-12(9)17)10-6-18-11(20-10)3-7-1-2-7;1-5-2-3-6-4-5/h4-7H,1-3H2,(H2,17,19)(H,18,20);5-6H,2-4H2,1H3. The highest BCUT2D eigenvalue weighted by Gasteiger charge is 2.34. The summed E-state index contributed by atoms with van der Waals surface area (Å²) in [5.74, 6) is 1.88. The van der Waals surface area contributed by atoms with E-state index in [1.54, 1.807) is 0 Å². The van der Waals surface area contributed by atoms with Crippen LogP contribution < -0.4 is 11.1 Å². The molecule has 26 heavy (non-hydrogen) atoms. The molecule has 0 amide bonds. The van der Waals surface area contributed by atoms with Crippen LogP contribution in [0.4, 0.5) is 19.0 Å². The summed E-state index contributed by atoms with van der Waals surface area (Å²) < 4.78 is 38.4. The van der Waals surface area contributed by atoms with Crippen molar-refractivity contribution in [2.24, 2.45) is 11.8 Å². The first-order chi connectivity index (χ1) is 12.3. The molecule has 0 radical (unpaired) electrons. The van der Waals surface area contributed by atoms with Gasteiger partial charge in [-0.3, -0.25) is 0 Å². The van der Waals surface area contributed by atoms with Crippen molar-refractivity contribution in [1.82, 2.24) is 20.3 Å². The molecule has 0 spiro atoms.